The van der Waals surface area contributed by atoms with Gasteiger partial charge in [-0.3, -0.25) is 14.6 Å². The Kier molecular flexibility index (Phi) is 8.89. The molecule has 0 radical (unpaired) electrons. The van der Waals surface area contributed by atoms with Crippen LogP contribution in [0, 0.1) is 5.92 Å². The highest BCUT2D eigenvalue weighted by Crippen LogP contribution is 2.27. The molecule has 196 valence electrons. The van der Waals surface area contributed by atoms with E-state index in [4.69, 9.17) is 23.2 Å². The summed E-state index contributed by atoms with van der Waals surface area (Å²) in [7, 11) is 0. The fraction of sp³-hybridized carbons (Fsp3) is 0.385. The van der Waals surface area contributed by atoms with Crippen molar-refractivity contribution in [3.8, 4) is 0 Å². The highest BCUT2D eigenvalue weighted by atomic mass is 35.5. The molecule has 1 aliphatic carbocycles. The second kappa shape index (κ2) is 12.3. The molecular formula is C26H29Cl2N5O4. The molecule has 5 N–H and O–H groups in total. The highest BCUT2D eigenvalue weighted by Gasteiger charge is 2.31. The number of benzene rings is 2. The normalized spacial score (nSPS) is 19.8. The van der Waals surface area contributed by atoms with E-state index in [1.54, 1.807) is 30.3 Å². The molecule has 0 saturated heterocycles. The zero-order valence-corrected chi connectivity index (χ0v) is 21.6. The van der Waals surface area contributed by atoms with Crippen molar-refractivity contribution in [1.82, 2.24) is 16.0 Å². The van der Waals surface area contributed by atoms with Gasteiger partial charge in [-0.15, -0.1) is 0 Å². The smallest absolute Gasteiger partial charge is 0.326 e. The van der Waals surface area contributed by atoms with Crippen molar-refractivity contribution in [3.05, 3.63) is 63.6 Å². The van der Waals surface area contributed by atoms with E-state index in [-0.39, 0.29) is 39.9 Å². The van der Waals surface area contributed by atoms with Crippen LogP contribution in [0.3, 0.4) is 0 Å². The number of hydrogen-bond donors (Lipinski definition) is 5. The Labute approximate surface area is 225 Å². The number of aliphatic carboxylic acids is 1. The number of halogens is 2. The summed E-state index contributed by atoms with van der Waals surface area (Å²) in [5.41, 5.74) is 1.34. The quantitative estimate of drug-likeness (QED) is 0.345. The Hall–Kier alpha value is -3.30. The van der Waals surface area contributed by atoms with Crippen LogP contribution in [0.15, 0.2) is 47.5 Å². The van der Waals surface area contributed by atoms with Crippen LogP contribution < -0.4 is 21.3 Å². The van der Waals surface area contributed by atoms with Crippen molar-refractivity contribution in [3.63, 3.8) is 0 Å². The van der Waals surface area contributed by atoms with Gasteiger partial charge in [0, 0.05) is 37.2 Å². The molecule has 0 spiro atoms. The molecule has 1 saturated carbocycles. The molecule has 4 rings (SSSR count). The minimum absolute atomic E-state index is 0.0301. The van der Waals surface area contributed by atoms with Gasteiger partial charge in [0.2, 0.25) is 5.91 Å². The third kappa shape index (κ3) is 7.14. The second-order valence-corrected chi connectivity index (χ2v) is 10.0. The summed E-state index contributed by atoms with van der Waals surface area (Å²) in [6.45, 7) is 1.73. The van der Waals surface area contributed by atoms with E-state index >= 15 is 0 Å². The Morgan fingerprint density at radius 2 is 1.81 bits per heavy atom. The van der Waals surface area contributed by atoms with Gasteiger partial charge >= 0.3 is 5.97 Å². The topological polar surface area (TPSA) is 132 Å². The maximum absolute atomic E-state index is 12.8. The van der Waals surface area contributed by atoms with Crippen molar-refractivity contribution in [2.75, 3.05) is 18.4 Å². The molecule has 0 aromatic heterocycles. The number of guanidine groups is 1. The average molecular weight is 546 g/mol. The zero-order chi connectivity index (χ0) is 26.4. The van der Waals surface area contributed by atoms with Crippen LogP contribution in [-0.2, 0) is 16.0 Å². The molecule has 9 nitrogen and oxygen atoms in total. The number of amides is 2. The maximum atomic E-state index is 12.8. The van der Waals surface area contributed by atoms with Gasteiger partial charge in [0.05, 0.1) is 15.6 Å². The first-order chi connectivity index (χ1) is 17.8. The maximum Gasteiger partial charge on any atom is 0.326 e. The standard InChI is InChI=1S/C26H29Cl2N5O4/c27-19-3-1-4-20(28)22(19)24(35)33-21(25(36)37)13-15-5-8-17(9-6-15)31-23(34)16-7-10-18(14-16)32-26-29-11-2-12-30-26/h1,3-6,8-9,16,18,21H,2,7,10-14H2,(H,31,34)(H,33,35)(H,36,37)(H2,29,30,32)/t16-,18+,21+/m1/s1. The van der Waals surface area contributed by atoms with Gasteiger partial charge in [0.15, 0.2) is 5.96 Å². The van der Waals surface area contributed by atoms with Gasteiger partial charge < -0.3 is 26.4 Å². The molecule has 0 unspecified atom stereocenters. The van der Waals surface area contributed by atoms with E-state index < -0.39 is 17.9 Å². The average Bonchev–Trinajstić information content (AvgIpc) is 3.34. The van der Waals surface area contributed by atoms with E-state index in [2.05, 4.69) is 26.3 Å². The van der Waals surface area contributed by atoms with Gasteiger partial charge in [-0.25, -0.2) is 4.79 Å². The van der Waals surface area contributed by atoms with Gasteiger partial charge in [-0.05, 0) is 55.5 Å². The van der Waals surface area contributed by atoms with Crippen LogP contribution >= 0.6 is 23.2 Å². The summed E-state index contributed by atoms with van der Waals surface area (Å²) in [6, 6.07) is 10.6. The Bertz CT molecular complexity index is 1170. The zero-order valence-electron chi connectivity index (χ0n) is 20.1. The van der Waals surface area contributed by atoms with E-state index in [9.17, 15) is 19.5 Å². The number of carboxylic acid groups (broad SMARTS) is 1. The lowest BCUT2D eigenvalue weighted by atomic mass is 10.0. The highest BCUT2D eigenvalue weighted by molar-refractivity contribution is 6.39. The lowest BCUT2D eigenvalue weighted by Crippen LogP contribution is -2.45. The molecule has 2 amide bonds. The van der Waals surface area contributed by atoms with Crippen LogP contribution in [0.1, 0.15) is 41.6 Å². The fourth-order valence-electron chi connectivity index (χ4n) is 4.52. The van der Waals surface area contributed by atoms with E-state index in [1.807, 2.05) is 0 Å². The number of carboxylic acids is 1. The largest absolute Gasteiger partial charge is 0.480 e. The fourth-order valence-corrected chi connectivity index (χ4v) is 5.09. The lowest BCUT2D eigenvalue weighted by Gasteiger charge is -2.20. The monoisotopic (exact) mass is 545 g/mol. The van der Waals surface area contributed by atoms with Crippen molar-refractivity contribution in [2.24, 2.45) is 10.9 Å². The Balaban J connectivity index is 1.30. The third-order valence-electron chi connectivity index (χ3n) is 6.50. The van der Waals surface area contributed by atoms with Crippen molar-refractivity contribution < 1.29 is 19.5 Å². The van der Waals surface area contributed by atoms with Crippen LogP contribution in [0.2, 0.25) is 10.0 Å². The summed E-state index contributed by atoms with van der Waals surface area (Å²) in [5.74, 6) is -1.17. The minimum Gasteiger partial charge on any atom is -0.480 e. The number of nitrogens with zero attached hydrogens (tertiary/aromatic N) is 1. The molecule has 1 heterocycles. The van der Waals surface area contributed by atoms with Gasteiger partial charge in [-0.1, -0.05) is 41.4 Å². The Morgan fingerprint density at radius 1 is 1.08 bits per heavy atom. The van der Waals surface area contributed by atoms with Crippen molar-refractivity contribution in [1.29, 1.82) is 0 Å². The first-order valence-corrected chi connectivity index (χ1v) is 13.0. The second-order valence-electron chi connectivity index (χ2n) is 9.21. The van der Waals surface area contributed by atoms with Crippen LogP contribution in [0.5, 0.6) is 0 Å². The molecule has 1 aliphatic heterocycles. The van der Waals surface area contributed by atoms with E-state index in [0.29, 0.717) is 11.3 Å². The molecule has 3 atom stereocenters. The number of nitrogens with one attached hydrogen (secondary N) is 4. The van der Waals surface area contributed by atoms with Crippen molar-refractivity contribution in [2.45, 2.75) is 44.2 Å². The van der Waals surface area contributed by atoms with Crippen LogP contribution in [-0.4, -0.2) is 54.0 Å². The van der Waals surface area contributed by atoms with Crippen LogP contribution in [0.25, 0.3) is 0 Å². The predicted octanol–water partition coefficient (Wildman–Crippen LogP) is 3.47. The van der Waals surface area contributed by atoms with Gasteiger partial charge in [-0.2, -0.15) is 0 Å². The van der Waals surface area contributed by atoms with Crippen molar-refractivity contribution >= 4 is 52.6 Å². The molecule has 11 heteroatoms. The van der Waals surface area contributed by atoms with Gasteiger partial charge in [0.1, 0.15) is 6.04 Å². The van der Waals surface area contributed by atoms with E-state index in [1.165, 1.54) is 12.1 Å². The number of anilines is 1. The summed E-state index contributed by atoms with van der Waals surface area (Å²) in [4.78, 5) is 41.6. The number of hydrogen-bond acceptors (Lipinski definition) is 6. The first-order valence-electron chi connectivity index (χ1n) is 12.2. The molecule has 0 bridgehead atoms. The summed E-state index contributed by atoms with van der Waals surface area (Å²) >= 11 is 12.1. The van der Waals surface area contributed by atoms with Gasteiger partial charge in [0.25, 0.3) is 5.91 Å². The number of aliphatic imine (C=N–C) groups is 1. The summed E-state index contributed by atoms with van der Waals surface area (Å²) in [5, 5.41) is 22.0. The first kappa shape index (κ1) is 26.8. The molecule has 1 fully saturated rings. The summed E-state index contributed by atoms with van der Waals surface area (Å²) in [6.07, 6.45) is 3.51. The summed E-state index contributed by atoms with van der Waals surface area (Å²) < 4.78 is 0. The number of rotatable bonds is 8. The van der Waals surface area contributed by atoms with E-state index in [0.717, 1.165) is 44.7 Å². The minimum atomic E-state index is -1.19. The molecule has 2 aliphatic rings. The molecule has 37 heavy (non-hydrogen) atoms. The SMILES string of the molecule is O=C(N[C@@H](Cc1ccc(NC(=O)[C@@H]2CC[C@H](NC3=NCCCN3)C2)cc1)C(=O)O)c1c(Cl)cccc1Cl. The number of carbonyl (C=O) groups is 3. The molecule has 2 aromatic carbocycles. The number of carbonyl (C=O) groups excluding carboxylic acids is 2. The van der Waals surface area contributed by atoms with Crippen LogP contribution in [0.4, 0.5) is 5.69 Å². The predicted molar refractivity (Wildman–Crippen MR) is 143 cm³/mol. The Morgan fingerprint density at radius 3 is 2.46 bits per heavy atom. The third-order valence-corrected chi connectivity index (χ3v) is 7.13. The lowest BCUT2D eigenvalue weighted by molar-refractivity contribution is -0.139. The molecule has 2 aromatic rings. The molecular weight excluding hydrogens is 517 g/mol.